The molecule has 1 amide bonds. The van der Waals surface area contributed by atoms with E-state index in [-0.39, 0.29) is 23.5 Å². The van der Waals surface area contributed by atoms with Gasteiger partial charge in [-0.2, -0.15) is 0 Å². The second-order valence-electron chi connectivity index (χ2n) is 4.90. The minimum Gasteiger partial charge on any atom is -0.369 e. The fourth-order valence-corrected chi connectivity index (χ4v) is 2.27. The maximum atomic E-state index is 14.0. The molecule has 2 rings (SSSR count). The van der Waals surface area contributed by atoms with Crippen LogP contribution in [0.15, 0.2) is 18.2 Å². The lowest BCUT2D eigenvalue weighted by atomic mass is 10.2. The molecule has 0 aliphatic carbocycles. The van der Waals surface area contributed by atoms with E-state index in [9.17, 15) is 9.18 Å². The molecule has 1 atom stereocenters. The zero-order valence-corrected chi connectivity index (χ0v) is 11.7. The fraction of sp³-hybridized carbons (Fsp3) is 0.500. The fourth-order valence-electron chi connectivity index (χ4n) is 2.13. The van der Waals surface area contributed by atoms with Gasteiger partial charge < -0.3 is 10.2 Å². The number of nitrogens with zero attached hydrogens (tertiary/aromatic N) is 1. The molecule has 5 heteroatoms. The third-order valence-electron chi connectivity index (χ3n) is 3.34. The Morgan fingerprint density at radius 1 is 1.47 bits per heavy atom. The SMILES string of the molecule is CC(CCl)C(=O)Nc1ccc(N2CCCC2)c(F)c1. The smallest absolute Gasteiger partial charge is 0.228 e. The lowest BCUT2D eigenvalue weighted by Crippen LogP contribution is -2.22. The maximum Gasteiger partial charge on any atom is 0.228 e. The third-order valence-corrected chi connectivity index (χ3v) is 3.80. The van der Waals surface area contributed by atoms with E-state index >= 15 is 0 Å². The number of rotatable bonds is 4. The molecular formula is C14H18ClFN2O. The standard InChI is InChI=1S/C14H18ClFN2O/c1-10(9-15)14(19)17-11-4-5-13(12(16)8-11)18-6-2-3-7-18/h4-5,8,10H,2-3,6-7,9H2,1H3,(H,17,19). The van der Waals surface area contributed by atoms with Gasteiger partial charge >= 0.3 is 0 Å². The lowest BCUT2D eigenvalue weighted by molar-refractivity contribution is -0.118. The number of alkyl halides is 1. The number of carbonyl (C=O) groups excluding carboxylic acids is 1. The maximum absolute atomic E-state index is 14.0. The molecule has 0 saturated carbocycles. The summed E-state index contributed by atoms with van der Waals surface area (Å²) in [4.78, 5) is 13.7. The Morgan fingerprint density at radius 2 is 2.16 bits per heavy atom. The molecule has 0 aromatic heterocycles. The Labute approximate surface area is 117 Å². The van der Waals surface area contributed by atoms with Crippen LogP contribution in [-0.4, -0.2) is 24.9 Å². The molecule has 1 saturated heterocycles. The van der Waals surface area contributed by atoms with Crippen LogP contribution in [0, 0.1) is 11.7 Å². The number of nitrogens with one attached hydrogen (secondary N) is 1. The van der Waals surface area contributed by atoms with Crippen LogP contribution in [0.25, 0.3) is 0 Å². The van der Waals surface area contributed by atoms with E-state index < -0.39 is 0 Å². The Morgan fingerprint density at radius 3 is 2.74 bits per heavy atom. The first-order valence-electron chi connectivity index (χ1n) is 6.53. The van der Waals surface area contributed by atoms with Crippen molar-refractivity contribution in [2.75, 3.05) is 29.2 Å². The van der Waals surface area contributed by atoms with Crippen LogP contribution in [0.5, 0.6) is 0 Å². The van der Waals surface area contributed by atoms with Gasteiger partial charge in [0.2, 0.25) is 5.91 Å². The molecule has 0 bridgehead atoms. The van der Waals surface area contributed by atoms with Crippen LogP contribution < -0.4 is 10.2 Å². The topological polar surface area (TPSA) is 32.3 Å². The van der Waals surface area contributed by atoms with Crippen molar-refractivity contribution in [1.29, 1.82) is 0 Å². The number of halogens is 2. The van der Waals surface area contributed by atoms with Crippen LogP contribution in [0.1, 0.15) is 19.8 Å². The van der Waals surface area contributed by atoms with Crippen LogP contribution in [0.4, 0.5) is 15.8 Å². The Hall–Kier alpha value is -1.29. The zero-order valence-electron chi connectivity index (χ0n) is 11.0. The van der Waals surface area contributed by atoms with Gasteiger partial charge in [0.1, 0.15) is 5.82 Å². The van der Waals surface area contributed by atoms with Crippen LogP contribution >= 0.6 is 11.6 Å². The summed E-state index contributed by atoms with van der Waals surface area (Å²) in [7, 11) is 0. The summed E-state index contributed by atoms with van der Waals surface area (Å²) in [6.07, 6.45) is 2.20. The number of anilines is 2. The number of benzene rings is 1. The molecule has 1 N–H and O–H groups in total. The molecule has 1 aromatic carbocycles. The van der Waals surface area contributed by atoms with Crippen molar-refractivity contribution in [3.05, 3.63) is 24.0 Å². The van der Waals surface area contributed by atoms with E-state index in [0.717, 1.165) is 25.9 Å². The molecule has 1 unspecified atom stereocenters. The summed E-state index contributed by atoms with van der Waals surface area (Å²) in [5.74, 6) is -0.523. The second-order valence-corrected chi connectivity index (χ2v) is 5.21. The minimum atomic E-state index is -0.293. The van der Waals surface area contributed by atoms with E-state index in [1.54, 1.807) is 19.1 Å². The summed E-state index contributed by atoms with van der Waals surface area (Å²) in [5.41, 5.74) is 1.09. The second kappa shape index (κ2) is 6.24. The number of hydrogen-bond donors (Lipinski definition) is 1. The van der Waals surface area contributed by atoms with Crippen molar-refractivity contribution in [2.45, 2.75) is 19.8 Å². The molecule has 3 nitrogen and oxygen atoms in total. The molecule has 0 spiro atoms. The van der Waals surface area contributed by atoms with Crippen molar-refractivity contribution < 1.29 is 9.18 Å². The molecule has 1 aromatic rings. The average Bonchev–Trinajstić information content (AvgIpc) is 2.91. The number of hydrogen-bond acceptors (Lipinski definition) is 2. The molecule has 104 valence electrons. The molecular weight excluding hydrogens is 267 g/mol. The Bertz CT molecular complexity index is 461. The summed E-state index contributed by atoms with van der Waals surface area (Å²) in [6, 6.07) is 4.82. The van der Waals surface area contributed by atoms with Gasteiger partial charge in [-0.15, -0.1) is 11.6 Å². The minimum absolute atomic E-state index is 0.191. The van der Waals surface area contributed by atoms with E-state index in [2.05, 4.69) is 5.32 Å². The van der Waals surface area contributed by atoms with Crippen LogP contribution in [0.3, 0.4) is 0 Å². The van der Waals surface area contributed by atoms with Crippen molar-refractivity contribution in [2.24, 2.45) is 5.92 Å². The number of carbonyl (C=O) groups is 1. The first-order chi connectivity index (χ1) is 9.11. The molecule has 19 heavy (non-hydrogen) atoms. The van der Waals surface area contributed by atoms with Crippen molar-refractivity contribution in [3.63, 3.8) is 0 Å². The average molecular weight is 285 g/mol. The summed E-state index contributed by atoms with van der Waals surface area (Å²) in [5, 5.41) is 2.67. The first kappa shape index (κ1) is 14.1. The predicted octanol–water partition coefficient (Wildman–Crippen LogP) is 3.24. The van der Waals surface area contributed by atoms with E-state index in [1.807, 2.05) is 4.90 Å². The molecule has 1 heterocycles. The van der Waals surface area contributed by atoms with E-state index in [1.165, 1.54) is 6.07 Å². The quantitative estimate of drug-likeness (QED) is 0.861. The highest BCUT2D eigenvalue weighted by atomic mass is 35.5. The summed E-state index contributed by atoms with van der Waals surface area (Å²) in [6.45, 7) is 3.52. The molecule has 1 aliphatic heterocycles. The van der Waals surface area contributed by atoms with Gasteiger partial charge in [0, 0.05) is 30.6 Å². The Kier molecular flexibility index (Phi) is 4.64. The molecule has 1 fully saturated rings. The third kappa shape index (κ3) is 3.38. The van der Waals surface area contributed by atoms with Gasteiger partial charge in [-0.3, -0.25) is 4.79 Å². The van der Waals surface area contributed by atoms with Gasteiger partial charge in [0.15, 0.2) is 0 Å². The van der Waals surface area contributed by atoms with Crippen molar-refractivity contribution >= 4 is 28.9 Å². The number of amides is 1. The van der Waals surface area contributed by atoms with Crippen LogP contribution in [0.2, 0.25) is 0 Å². The molecule has 1 aliphatic rings. The summed E-state index contributed by atoms with van der Waals surface area (Å²) >= 11 is 5.61. The highest BCUT2D eigenvalue weighted by Gasteiger charge is 2.17. The normalized spacial score (nSPS) is 16.5. The highest BCUT2D eigenvalue weighted by molar-refractivity contribution is 6.19. The highest BCUT2D eigenvalue weighted by Crippen LogP contribution is 2.26. The van der Waals surface area contributed by atoms with Crippen LogP contribution in [-0.2, 0) is 4.79 Å². The van der Waals surface area contributed by atoms with Crippen molar-refractivity contribution in [1.82, 2.24) is 0 Å². The van der Waals surface area contributed by atoms with E-state index in [0.29, 0.717) is 11.4 Å². The van der Waals surface area contributed by atoms with Gasteiger partial charge in [-0.05, 0) is 31.0 Å². The Balaban J connectivity index is 2.08. The lowest BCUT2D eigenvalue weighted by Gasteiger charge is -2.19. The van der Waals surface area contributed by atoms with Gasteiger partial charge in [-0.1, -0.05) is 6.92 Å². The summed E-state index contributed by atoms with van der Waals surface area (Å²) < 4.78 is 14.0. The van der Waals surface area contributed by atoms with Gasteiger partial charge in [0.05, 0.1) is 5.69 Å². The van der Waals surface area contributed by atoms with Gasteiger partial charge in [0.25, 0.3) is 0 Å². The first-order valence-corrected chi connectivity index (χ1v) is 7.06. The zero-order chi connectivity index (χ0) is 13.8. The monoisotopic (exact) mass is 284 g/mol. The largest absolute Gasteiger partial charge is 0.369 e. The predicted molar refractivity (Wildman–Crippen MR) is 76.4 cm³/mol. The van der Waals surface area contributed by atoms with E-state index in [4.69, 9.17) is 11.6 Å². The van der Waals surface area contributed by atoms with Crippen molar-refractivity contribution in [3.8, 4) is 0 Å². The molecule has 0 radical (unpaired) electrons. The van der Waals surface area contributed by atoms with Gasteiger partial charge in [-0.25, -0.2) is 4.39 Å².